The molecule has 0 unspecified atom stereocenters. The molecular weight excluding hydrogens is 342 g/mol. The van der Waals surface area contributed by atoms with Crippen molar-refractivity contribution >= 4 is 29.1 Å². The minimum Gasteiger partial charge on any atom is -0.495 e. The molecule has 1 aliphatic rings. The summed E-state index contributed by atoms with van der Waals surface area (Å²) in [5, 5.41) is 6.34. The van der Waals surface area contributed by atoms with Gasteiger partial charge in [0.05, 0.1) is 25.4 Å². The molecule has 0 heterocycles. The first-order chi connectivity index (χ1) is 11.9. The number of anilines is 1. The van der Waals surface area contributed by atoms with Crippen molar-refractivity contribution in [2.45, 2.75) is 44.7 Å². The zero-order valence-electron chi connectivity index (χ0n) is 15.0. The lowest BCUT2D eigenvalue weighted by Crippen LogP contribution is -2.48. The minimum absolute atomic E-state index is 0.0393. The second kappa shape index (κ2) is 9.06. The average molecular weight is 368 g/mol. The molecule has 1 saturated carbocycles. The molecule has 2 rings (SSSR count). The quantitative estimate of drug-likeness (QED) is 0.777. The van der Waals surface area contributed by atoms with Crippen LogP contribution in [0.15, 0.2) is 18.2 Å². The Labute approximate surface area is 153 Å². The maximum Gasteiger partial charge on any atom is 0.238 e. The van der Waals surface area contributed by atoms with Crippen molar-refractivity contribution < 1.29 is 14.3 Å². The molecule has 0 spiro atoms. The van der Waals surface area contributed by atoms with Crippen molar-refractivity contribution in [2.24, 2.45) is 0 Å². The number of amides is 2. The zero-order valence-corrected chi connectivity index (χ0v) is 15.7. The van der Waals surface area contributed by atoms with E-state index in [2.05, 4.69) is 10.6 Å². The van der Waals surface area contributed by atoms with E-state index < -0.39 is 0 Å². The predicted octanol–water partition coefficient (Wildman–Crippen LogP) is 2.67. The van der Waals surface area contributed by atoms with Gasteiger partial charge in [0.2, 0.25) is 11.8 Å². The third-order valence-electron chi connectivity index (χ3n) is 4.57. The SMILES string of the molecule is COc1ccc(Cl)cc1NC(=O)CN(C)[C@@H](C)C(=O)NC1CCCC1. The number of halogens is 1. The number of rotatable bonds is 7. The molecule has 1 fully saturated rings. The topological polar surface area (TPSA) is 70.7 Å². The van der Waals surface area contributed by atoms with E-state index in [-0.39, 0.29) is 30.4 Å². The largest absolute Gasteiger partial charge is 0.495 e. The number of benzene rings is 1. The van der Waals surface area contributed by atoms with Crippen LogP contribution in [-0.4, -0.2) is 49.5 Å². The van der Waals surface area contributed by atoms with Crippen LogP contribution in [0.3, 0.4) is 0 Å². The molecule has 7 heteroatoms. The van der Waals surface area contributed by atoms with Crippen LogP contribution in [0.5, 0.6) is 5.75 Å². The fourth-order valence-electron chi connectivity index (χ4n) is 2.92. The van der Waals surface area contributed by atoms with E-state index in [0.717, 1.165) is 12.8 Å². The van der Waals surface area contributed by atoms with E-state index >= 15 is 0 Å². The zero-order chi connectivity index (χ0) is 18.4. The van der Waals surface area contributed by atoms with Crippen molar-refractivity contribution in [1.82, 2.24) is 10.2 Å². The number of hydrogen-bond donors (Lipinski definition) is 2. The fourth-order valence-corrected chi connectivity index (χ4v) is 3.10. The van der Waals surface area contributed by atoms with Crippen LogP contribution in [0.1, 0.15) is 32.6 Å². The Balaban J connectivity index is 1.88. The summed E-state index contributed by atoms with van der Waals surface area (Å²) in [5.41, 5.74) is 0.511. The Morgan fingerprint density at radius 3 is 2.68 bits per heavy atom. The van der Waals surface area contributed by atoms with Crippen LogP contribution in [0.25, 0.3) is 0 Å². The molecule has 2 amide bonds. The predicted molar refractivity (Wildman–Crippen MR) is 99.1 cm³/mol. The number of nitrogens with one attached hydrogen (secondary N) is 2. The standard InChI is InChI=1S/C18H26ClN3O3/c1-12(18(24)20-14-6-4-5-7-14)22(2)11-17(23)21-15-10-13(19)8-9-16(15)25-3/h8-10,12,14H,4-7,11H2,1-3H3,(H,20,24)(H,21,23)/t12-/m0/s1. The van der Waals surface area contributed by atoms with Gasteiger partial charge in [-0.25, -0.2) is 0 Å². The average Bonchev–Trinajstić information content (AvgIpc) is 3.07. The van der Waals surface area contributed by atoms with Gasteiger partial charge in [0, 0.05) is 11.1 Å². The third-order valence-corrected chi connectivity index (χ3v) is 4.81. The molecule has 0 bridgehead atoms. The number of carbonyl (C=O) groups excluding carboxylic acids is 2. The first-order valence-electron chi connectivity index (χ1n) is 8.54. The summed E-state index contributed by atoms with van der Waals surface area (Å²) in [6.07, 6.45) is 4.41. The lowest BCUT2D eigenvalue weighted by atomic mass is 10.2. The highest BCUT2D eigenvalue weighted by Crippen LogP contribution is 2.27. The van der Waals surface area contributed by atoms with Gasteiger partial charge in [-0.2, -0.15) is 0 Å². The third kappa shape index (κ3) is 5.61. The Hall–Kier alpha value is -1.79. The van der Waals surface area contributed by atoms with Gasteiger partial charge in [-0.1, -0.05) is 24.4 Å². The van der Waals surface area contributed by atoms with Crippen molar-refractivity contribution in [2.75, 3.05) is 26.0 Å². The summed E-state index contributed by atoms with van der Waals surface area (Å²) in [5.74, 6) is 0.263. The molecule has 2 N–H and O–H groups in total. The number of methoxy groups -OCH3 is 1. The van der Waals surface area contributed by atoms with Crippen molar-refractivity contribution in [3.8, 4) is 5.75 Å². The second-order valence-corrected chi connectivity index (χ2v) is 6.91. The van der Waals surface area contributed by atoms with Gasteiger partial charge in [0.1, 0.15) is 5.75 Å². The molecule has 25 heavy (non-hydrogen) atoms. The highest BCUT2D eigenvalue weighted by Gasteiger charge is 2.24. The van der Waals surface area contributed by atoms with Crippen LogP contribution in [0, 0.1) is 0 Å². The summed E-state index contributed by atoms with van der Waals surface area (Å²) >= 11 is 5.97. The molecule has 1 aliphatic carbocycles. The molecule has 0 aromatic heterocycles. The molecule has 0 aliphatic heterocycles. The Bertz CT molecular complexity index is 618. The first-order valence-corrected chi connectivity index (χ1v) is 8.92. The lowest BCUT2D eigenvalue weighted by Gasteiger charge is -2.25. The Morgan fingerprint density at radius 1 is 1.36 bits per heavy atom. The monoisotopic (exact) mass is 367 g/mol. The first kappa shape index (κ1) is 19.5. The van der Waals surface area contributed by atoms with E-state index in [9.17, 15) is 9.59 Å². The number of likely N-dealkylation sites (N-methyl/N-ethyl adjacent to an activating group) is 1. The van der Waals surface area contributed by atoms with Gasteiger partial charge in [-0.05, 0) is 45.0 Å². The van der Waals surface area contributed by atoms with Gasteiger partial charge in [0.15, 0.2) is 0 Å². The van der Waals surface area contributed by atoms with Crippen LogP contribution in [0.2, 0.25) is 5.02 Å². The van der Waals surface area contributed by atoms with Crippen molar-refractivity contribution in [1.29, 1.82) is 0 Å². The number of nitrogens with zero attached hydrogens (tertiary/aromatic N) is 1. The number of carbonyl (C=O) groups is 2. The summed E-state index contributed by atoms with van der Waals surface area (Å²) in [6, 6.07) is 4.91. The molecule has 1 atom stereocenters. The summed E-state index contributed by atoms with van der Waals surface area (Å²) in [7, 11) is 3.29. The number of ether oxygens (including phenoxy) is 1. The fraction of sp³-hybridized carbons (Fsp3) is 0.556. The highest BCUT2D eigenvalue weighted by atomic mass is 35.5. The molecule has 0 radical (unpaired) electrons. The molecule has 138 valence electrons. The minimum atomic E-state index is -0.382. The normalized spacial score (nSPS) is 15.9. The van der Waals surface area contributed by atoms with Gasteiger partial charge in [0.25, 0.3) is 0 Å². The number of hydrogen-bond acceptors (Lipinski definition) is 4. The van der Waals surface area contributed by atoms with Crippen molar-refractivity contribution in [3.63, 3.8) is 0 Å². The van der Waals surface area contributed by atoms with E-state index in [0.29, 0.717) is 16.5 Å². The van der Waals surface area contributed by atoms with Crippen LogP contribution < -0.4 is 15.4 Å². The molecule has 1 aromatic carbocycles. The second-order valence-electron chi connectivity index (χ2n) is 6.47. The van der Waals surface area contributed by atoms with E-state index in [4.69, 9.17) is 16.3 Å². The summed E-state index contributed by atoms with van der Waals surface area (Å²) in [6.45, 7) is 1.90. The van der Waals surface area contributed by atoms with Gasteiger partial charge in [-0.15, -0.1) is 0 Å². The smallest absolute Gasteiger partial charge is 0.238 e. The summed E-state index contributed by atoms with van der Waals surface area (Å²) < 4.78 is 5.22. The van der Waals surface area contributed by atoms with E-state index in [1.807, 2.05) is 0 Å². The molecule has 0 saturated heterocycles. The van der Waals surface area contributed by atoms with Crippen molar-refractivity contribution in [3.05, 3.63) is 23.2 Å². The van der Waals surface area contributed by atoms with Crippen LogP contribution in [0.4, 0.5) is 5.69 Å². The maximum absolute atomic E-state index is 12.3. The van der Waals surface area contributed by atoms with E-state index in [1.165, 1.54) is 20.0 Å². The van der Waals surface area contributed by atoms with Gasteiger partial charge in [-0.3, -0.25) is 14.5 Å². The van der Waals surface area contributed by atoms with Gasteiger partial charge < -0.3 is 15.4 Å². The molecule has 6 nitrogen and oxygen atoms in total. The summed E-state index contributed by atoms with van der Waals surface area (Å²) in [4.78, 5) is 26.3. The molecule has 1 aromatic rings. The lowest BCUT2D eigenvalue weighted by molar-refractivity contribution is -0.127. The van der Waals surface area contributed by atoms with E-state index in [1.54, 1.807) is 37.1 Å². The maximum atomic E-state index is 12.3. The molecular formula is C18H26ClN3O3. The van der Waals surface area contributed by atoms with Crippen LogP contribution in [-0.2, 0) is 9.59 Å². The Kier molecular flexibility index (Phi) is 7.08. The van der Waals surface area contributed by atoms with Crippen LogP contribution >= 0.6 is 11.6 Å². The van der Waals surface area contributed by atoms with Gasteiger partial charge >= 0.3 is 0 Å². The highest BCUT2D eigenvalue weighted by molar-refractivity contribution is 6.31. The Morgan fingerprint density at radius 2 is 2.04 bits per heavy atom.